The molecule has 0 aromatic heterocycles. The lowest BCUT2D eigenvalue weighted by atomic mass is 10.0. The molecule has 74 valence electrons. The van der Waals surface area contributed by atoms with Gasteiger partial charge in [0.25, 0.3) is 0 Å². The lowest BCUT2D eigenvalue weighted by Crippen LogP contribution is -2.10. The molecule has 0 saturated heterocycles. The molecule has 0 fully saturated rings. The molecule has 0 spiro atoms. The predicted octanol–water partition coefficient (Wildman–Crippen LogP) is 3.26. The first kappa shape index (κ1) is 9.38. The van der Waals surface area contributed by atoms with Crippen molar-refractivity contribution in [3.63, 3.8) is 0 Å². The van der Waals surface area contributed by atoms with Gasteiger partial charge in [0.05, 0.1) is 11.4 Å². The first-order chi connectivity index (χ1) is 6.58. The minimum absolute atomic E-state index is 0.991. The van der Waals surface area contributed by atoms with Crippen molar-refractivity contribution in [1.29, 1.82) is 0 Å². The van der Waals surface area contributed by atoms with Gasteiger partial charge in [0, 0.05) is 24.2 Å². The zero-order valence-electron chi connectivity index (χ0n) is 9.31. The lowest BCUT2D eigenvalue weighted by Gasteiger charge is -1.99. The Morgan fingerprint density at radius 3 is 1.29 bits per heavy atom. The third-order valence-electron chi connectivity index (χ3n) is 3.04. The second-order valence-corrected chi connectivity index (χ2v) is 4.20. The second kappa shape index (κ2) is 3.19. The van der Waals surface area contributed by atoms with Crippen molar-refractivity contribution >= 4 is 11.4 Å². The van der Waals surface area contributed by atoms with Crippen molar-refractivity contribution < 1.29 is 0 Å². The summed E-state index contributed by atoms with van der Waals surface area (Å²) in [4.78, 5) is 9.12. The Labute approximate surface area is 85.2 Å². The van der Waals surface area contributed by atoms with Crippen molar-refractivity contribution in [2.75, 3.05) is 0 Å². The molecule has 2 nitrogen and oxygen atoms in total. The molecule has 0 aliphatic carbocycles. The number of hydrogen-bond donors (Lipinski definition) is 0. The SMILES string of the molecule is CC1=C(C)N=C(C2=NC(C)=C(C)C2)C1. The number of nitrogens with zero attached hydrogens (tertiary/aromatic N) is 2. The van der Waals surface area contributed by atoms with Crippen molar-refractivity contribution in [1.82, 2.24) is 0 Å². The molecule has 0 unspecified atom stereocenters. The Morgan fingerprint density at radius 1 is 0.714 bits per heavy atom. The van der Waals surface area contributed by atoms with Crippen LogP contribution in [0.4, 0.5) is 0 Å². The molecule has 14 heavy (non-hydrogen) atoms. The van der Waals surface area contributed by atoms with Gasteiger partial charge in [-0.3, -0.25) is 9.98 Å². The summed E-state index contributed by atoms with van der Waals surface area (Å²) in [6, 6.07) is 0. The fraction of sp³-hybridized carbons (Fsp3) is 0.500. The van der Waals surface area contributed by atoms with Crippen LogP contribution in [0.5, 0.6) is 0 Å². The Morgan fingerprint density at radius 2 is 1.07 bits per heavy atom. The first-order valence-electron chi connectivity index (χ1n) is 5.06. The standard InChI is InChI=1S/C12H16N2/c1-7-5-11(13-9(7)3)12-6-8(2)10(4)14-12/h5-6H2,1-4H3. The summed E-state index contributed by atoms with van der Waals surface area (Å²) in [5, 5.41) is 0. The van der Waals surface area contributed by atoms with E-state index in [1.165, 1.54) is 34.0 Å². The number of hydrogen-bond acceptors (Lipinski definition) is 2. The molecule has 2 aliphatic heterocycles. The maximum Gasteiger partial charge on any atom is 0.0665 e. The van der Waals surface area contributed by atoms with E-state index in [0.29, 0.717) is 0 Å². The quantitative estimate of drug-likeness (QED) is 0.603. The summed E-state index contributed by atoms with van der Waals surface area (Å²) in [6.07, 6.45) is 1.98. The zero-order valence-corrected chi connectivity index (χ0v) is 9.31. The second-order valence-electron chi connectivity index (χ2n) is 4.20. The molecule has 0 saturated carbocycles. The summed E-state index contributed by atoms with van der Waals surface area (Å²) in [6.45, 7) is 8.44. The molecular formula is C12H16N2. The van der Waals surface area contributed by atoms with Gasteiger partial charge in [0.2, 0.25) is 0 Å². The highest BCUT2D eigenvalue weighted by Crippen LogP contribution is 2.25. The molecular weight excluding hydrogens is 172 g/mol. The zero-order chi connectivity index (χ0) is 10.3. The molecule has 0 amide bonds. The van der Waals surface area contributed by atoms with Gasteiger partial charge in [0.15, 0.2) is 0 Å². The largest absolute Gasteiger partial charge is 0.256 e. The Bertz CT molecular complexity index is 366. The maximum absolute atomic E-state index is 4.56. The molecule has 0 aromatic carbocycles. The number of allylic oxidation sites excluding steroid dienone is 4. The van der Waals surface area contributed by atoms with Crippen molar-refractivity contribution in [2.24, 2.45) is 9.98 Å². The molecule has 0 atom stereocenters. The van der Waals surface area contributed by atoms with Crippen molar-refractivity contribution in [2.45, 2.75) is 40.5 Å². The average molecular weight is 188 g/mol. The highest BCUT2D eigenvalue weighted by atomic mass is 14.9. The highest BCUT2D eigenvalue weighted by molar-refractivity contribution is 6.44. The molecule has 0 aromatic rings. The Kier molecular flexibility index (Phi) is 2.14. The minimum Gasteiger partial charge on any atom is -0.256 e. The Balaban J connectivity index is 2.17. The van der Waals surface area contributed by atoms with Gasteiger partial charge in [-0.15, -0.1) is 0 Å². The van der Waals surface area contributed by atoms with Gasteiger partial charge >= 0.3 is 0 Å². The van der Waals surface area contributed by atoms with E-state index < -0.39 is 0 Å². The van der Waals surface area contributed by atoms with E-state index in [0.717, 1.165) is 12.8 Å². The van der Waals surface area contributed by atoms with E-state index in [-0.39, 0.29) is 0 Å². The lowest BCUT2D eigenvalue weighted by molar-refractivity contribution is 1.22. The third kappa shape index (κ3) is 1.45. The highest BCUT2D eigenvalue weighted by Gasteiger charge is 2.20. The summed E-state index contributed by atoms with van der Waals surface area (Å²) in [5.74, 6) is 0. The van der Waals surface area contributed by atoms with Crippen LogP contribution in [-0.4, -0.2) is 11.4 Å². The Hall–Kier alpha value is -1.18. The van der Waals surface area contributed by atoms with Gasteiger partial charge in [-0.05, 0) is 38.8 Å². The minimum atomic E-state index is 0.991. The first-order valence-corrected chi connectivity index (χ1v) is 5.06. The van der Waals surface area contributed by atoms with Gasteiger partial charge < -0.3 is 0 Å². The molecule has 2 aliphatic rings. The van der Waals surface area contributed by atoms with E-state index in [1.54, 1.807) is 0 Å². The average Bonchev–Trinajstić information content (AvgIpc) is 2.60. The van der Waals surface area contributed by atoms with Crippen LogP contribution in [0.3, 0.4) is 0 Å². The van der Waals surface area contributed by atoms with Gasteiger partial charge in [-0.1, -0.05) is 0 Å². The van der Waals surface area contributed by atoms with Crippen LogP contribution in [-0.2, 0) is 0 Å². The molecule has 0 radical (unpaired) electrons. The maximum atomic E-state index is 4.56. The fourth-order valence-electron chi connectivity index (χ4n) is 1.77. The number of aliphatic imine (C=N–C) groups is 2. The third-order valence-corrected chi connectivity index (χ3v) is 3.04. The molecule has 0 N–H and O–H groups in total. The predicted molar refractivity (Wildman–Crippen MR) is 60.9 cm³/mol. The molecule has 2 heteroatoms. The van der Waals surface area contributed by atoms with Crippen LogP contribution in [0.1, 0.15) is 40.5 Å². The summed E-state index contributed by atoms with van der Waals surface area (Å²) < 4.78 is 0. The van der Waals surface area contributed by atoms with E-state index >= 15 is 0 Å². The monoisotopic (exact) mass is 188 g/mol. The van der Waals surface area contributed by atoms with Crippen molar-refractivity contribution in [3.05, 3.63) is 22.5 Å². The van der Waals surface area contributed by atoms with Crippen LogP contribution < -0.4 is 0 Å². The molecule has 2 heterocycles. The fourth-order valence-corrected chi connectivity index (χ4v) is 1.77. The van der Waals surface area contributed by atoms with Crippen LogP contribution in [0.2, 0.25) is 0 Å². The van der Waals surface area contributed by atoms with E-state index in [1.807, 2.05) is 0 Å². The topological polar surface area (TPSA) is 24.7 Å². The van der Waals surface area contributed by atoms with Gasteiger partial charge in [-0.25, -0.2) is 0 Å². The van der Waals surface area contributed by atoms with Gasteiger partial charge in [0.1, 0.15) is 0 Å². The summed E-state index contributed by atoms with van der Waals surface area (Å²) in [7, 11) is 0. The normalized spacial score (nSPS) is 22.0. The van der Waals surface area contributed by atoms with Gasteiger partial charge in [-0.2, -0.15) is 0 Å². The van der Waals surface area contributed by atoms with Crippen LogP contribution in [0.25, 0.3) is 0 Å². The van der Waals surface area contributed by atoms with E-state index in [9.17, 15) is 0 Å². The number of rotatable bonds is 1. The summed E-state index contributed by atoms with van der Waals surface area (Å²) in [5.41, 5.74) is 7.46. The molecule has 2 rings (SSSR count). The molecule has 0 bridgehead atoms. The van der Waals surface area contributed by atoms with Crippen LogP contribution in [0.15, 0.2) is 32.5 Å². The summed E-state index contributed by atoms with van der Waals surface area (Å²) >= 11 is 0. The van der Waals surface area contributed by atoms with Crippen LogP contribution in [0, 0.1) is 0 Å². The van der Waals surface area contributed by atoms with Crippen LogP contribution >= 0.6 is 0 Å². The van der Waals surface area contributed by atoms with Crippen molar-refractivity contribution in [3.8, 4) is 0 Å². The van der Waals surface area contributed by atoms with E-state index in [4.69, 9.17) is 0 Å². The van der Waals surface area contributed by atoms with E-state index in [2.05, 4.69) is 37.7 Å². The smallest absolute Gasteiger partial charge is 0.0665 e.